The minimum Gasteiger partial charge on any atom is -0.328 e. The van der Waals surface area contributed by atoms with Gasteiger partial charge in [-0.05, 0) is 67.0 Å². The molecule has 1 heterocycles. The van der Waals surface area contributed by atoms with Crippen molar-refractivity contribution in [3.63, 3.8) is 0 Å². The Kier molecular flexibility index (Phi) is 4.38. The van der Waals surface area contributed by atoms with Gasteiger partial charge in [-0.25, -0.2) is 0 Å². The molecule has 2 rings (SSSR count). The summed E-state index contributed by atoms with van der Waals surface area (Å²) in [5.74, 6) is 0.846. The zero-order valence-electron chi connectivity index (χ0n) is 10.0. The van der Waals surface area contributed by atoms with Crippen LogP contribution in [0.15, 0.2) is 10.8 Å². The minimum absolute atomic E-state index is 0.468. The van der Waals surface area contributed by atoms with Crippen LogP contribution in [-0.2, 0) is 6.54 Å². The van der Waals surface area contributed by atoms with E-state index in [1.807, 2.05) is 0 Å². The maximum absolute atomic E-state index is 5.90. The third-order valence-corrected chi connectivity index (χ3v) is 4.51. The van der Waals surface area contributed by atoms with E-state index in [1.165, 1.54) is 36.8 Å². The predicted octanol–water partition coefficient (Wildman–Crippen LogP) is 2.66. The summed E-state index contributed by atoms with van der Waals surface area (Å²) in [6.45, 7) is 4.37. The molecule has 2 nitrogen and oxygen atoms in total. The van der Waals surface area contributed by atoms with Crippen molar-refractivity contribution in [2.75, 3.05) is 6.54 Å². The first-order valence-electron chi connectivity index (χ1n) is 6.23. The summed E-state index contributed by atoms with van der Waals surface area (Å²) in [5, 5.41) is 8.05. The lowest BCUT2D eigenvalue weighted by atomic mass is 9.86. The number of thiophene rings is 1. The van der Waals surface area contributed by atoms with Crippen LogP contribution in [0, 0.1) is 12.8 Å². The summed E-state index contributed by atoms with van der Waals surface area (Å²) in [6, 6.07) is 0.468. The number of hydrogen-bond donors (Lipinski definition) is 2. The molecule has 16 heavy (non-hydrogen) atoms. The Morgan fingerprint density at radius 3 is 2.69 bits per heavy atom. The summed E-state index contributed by atoms with van der Waals surface area (Å²) in [6.07, 6.45) is 5.03. The van der Waals surface area contributed by atoms with Gasteiger partial charge in [-0.1, -0.05) is 0 Å². The van der Waals surface area contributed by atoms with Gasteiger partial charge in [-0.3, -0.25) is 0 Å². The van der Waals surface area contributed by atoms with Gasteiger partial charge in [-0.15, -0.1) is 0 Å². The Balaban J connectivity index is 1.67. The molecule has 0 aromatic carbocycles. The molecule has 1 aliphatic carbocycles. The monoisotopic (exact) mass is 238 g/mol. The van der Waals surface area contributed by atoms with Crippen molar-refractivity contribution in [3.05, 3.63) is 21.9 Å². The maximum atomic E-state index is 5.90. The van der Waals surface area contributed by atoms with E-state index in [0.29, 0.717) is 6.04 Å². The van der Waals surface area contributed by atoms with Crippen LogP contribution in [0.4, 0.5) is 0 Å². The van der Waals surface area contributed by atoms with Gasteiger partial charge in [0.25, 0.3) is 0 Å². The molecule has 90 valence electrons. The second kappa shape index (κ2) is 5.80. The van der Waals surface area contributed by atoms with Crippen LogP contribution in [0.2, 0.25) is 0 Å². The van der Waals surface area contributed by atoms with Crippen LogP contribution in [-0.4, -0.2) is 12.6 Å². The number of rotatable bonds is 4. The van der Waals surface area contributed by atoms with E-state index in [0.717, 1.165) is 19.0 Å². The molecule has 0 saturated heterocycles. The average Bonchev–Trinajstić information content (AvgIpc) is 2.68. The SMILES string of the molecule is Cc1cscc1CNCC1CCC(N)CC1. The minimum atomic E-state index is 0.468. The van der Waals surface area contributed by atoms with Crippen molar-refractivity contribution in [1.82, 2.24) is 5.32 Å². The second-order valence-corrected chi connectivity index (χ2v) is 5.74. The first-order valence-corrected chi connectivity index (χ1v) is 7.18. The fourth-order valence-electron chi connectivity index (χ4n) is 2.37. The Hall–Kier alpha value is -0.380. The Labute approximate surface area is 102 Å². The second-order valence-electron chi connectivity index (χ2n) is 4.99. The van der Waals surface area contributed by atoms with Gasteiger partial charge >= 0.3 is 0 Å². The third-order valence-electron chi connectivity index (χ3n) is 3.60. The lowest BCUT2D eigenvalue weighted by molar-refractivity contribution is 0.314. The molecule has 1 saturated carbocycles. The first kappa shape index (κ1) is 12.1. The number of nitrogens with two attached hydrogens (primary N) is 1. The van der Waals surface area contributed by atoms with E-state index >= 15 is 0 Å². The van der Waals surface area contributed by atoms with Crippen LogP contribution in [0.1, 0.15) is 36.8 Å². The van der Waals surface area contributed by atoms with Gasteiger partial charge in [0, 0.05) is 12.6 Å². The number of hydrogen-bond acceptors (Lipinski definition) is 3. The first-order chi connectivity index (χ1) is 7.75. The van der Waals surface area contributed by atoms with Crippen LogP contribution >= 0.6 is 11.3 Å². The van der Waals surface area contributed by atoms with Crippen LogP contribution in [0.5, 0.6) is 0 Å². The predicted molar refractivity (Wildman–Crippen MR) is 70.7 cm³/mol. The van der Waals surface area contributed by atoms with E-state index in [1.54, 1.807) is 11.3 Å². The van der Waals surface area contributed by atoms with Gasteiger partial charge in [0.05, 0.1) is 0 Å². The molecule has 0 aliphatic heterocycles. The van der Waals surface area contributed by atoms with Gasteiger partial charge in [0.1, 0.15) is 0 Å². The number of aryl methyl sites for hydroxylation is 1. The van der Waals surface area contributed by atoms with Gasteiger partial charge in [-0.2, -0.15) is 11.3 Å². The van der Waals surface area contributed by atoms with Crippen molar-refractivity contribution >= 4 is 11.3 Å². The van der Waals surface area contributed by atoms with Gasteiger partial charge in [0.15, 0.2) is 0 Å². The smallest absolute Gasteiger partial charge is 0.0216 e. The van der Waals surface area contributed by atoms with E-state index in [-0.39, 0.29) is 0 Å². The summed E-state index contributed by atoms with van der Waals surface area (Å²) in [5.41, 5.74) is 8.78. The van der Waals surface area contributed by atoms with Crippen LogP contribution in [0.3, 0.4) is 0 Å². The highest BCUT2D eigenvalue weighted by Crippen LogP contribution is 2.22. The molecule has 0 amide bonds. The Morgan fingerprint density at radius 2 is 2.06 bits per heavy atom. The molecule has 3 heteroatoms. The van der Waals surface area contributed by atoms with E-state index in [2.05, 4.69) is 23.0 Å². The Morgan fingerprint density at radius 1 is 1.31 bits per heavy atom. The summed E-state index contributed by atoms with van der Waals surface area (Å²) < 4.78 is 0. The molecular formula is C13H22N2S. The van der Waals surface area contributed by atoms with E-state index in [4.69, 9.17) is 5.73 Å². The molecule has 1 aliphatic rings. The maximum Gasteiger partial charge on any atom is 0.0216 e. The molecule has 0 atom stereocenters. The quantitative estimate of drug-likeness (QED) is 0.846. The van der Waals surface area contributed by atoms with Crippen molar-refractivity contribution in [2.45, 2.75) is 45.2 Å². The fourth-order valence-corrected chi connectivity index (χ4v) is 3.23. The lowest BCUT2D eigenvalue weighted by Crippen LogP contribution is -2.31. The molecule has 0 bridgehead atoms. The highest BCUT2D eigenvalue weighted by molar-refractivity contribution is 7.08. The Bertz CT molecular complexity index is 313. The topological polar surface area (TPSA) is 38.0 Å². The lowest BCUT2D eigenvalue weighted by Gasteiger charge is -2.26. The molecule has 1 aromatic rings. The van der Waals surface area contributed by atoms with Crippen molar-refractivity contribution < 1.29 is 0 Å². The largest absolute Gasteiger partial charge is 0.328 e. The van der Waals surface area contributed by atoms with Crippen molar-refractivity contribution in [2.24, 2.45) is 11.7 Å². The molecule has 0 unspecified atom stereocenters. The summed E-state index contributed by atoms with van der Waals surface area (Å²) in [7, 11) is 0. The van der Waals surface area contributed by atoms with Crippen LogP contribution < -0.4 is 11.1 Å². The highest BCUT2D eigenvalue weighted by Gasteiger charge is 2.17. The zero-order chi connectivity index (χ0) is 11.4. The van der Waals surface area contributed by atoms with Crippen molar-refractivity contribution in [1.29, 1.82) is 0 Å². The average molecular weight is 238 g/mol. The zero-order valence-corrected chi connectivity index (χ0v) is 10.9. The highest BCUT2D eigenvalue weighted by atomic mass is 32.1. The molecule has 1 fully saturated rings. The summed E-state index contributed by atoms with van der Waals surface area (Å²) in [4.78, 5) is 0. The van der Waals surface area contributed by atoms with Gasteiger partial charge in [0.2, 0.25) is 0 Å². The van der Waals surface area contributed by atoms with Crippen LogP contribution in [0.25, 0.3) is 0 Å². The molecule has 1 aromatic heterocycles. The molecule has 0 spiro atoms. The molecule has 0 radical (unpaired) electrons. The summed E-state index contributed by atoms with van der Waals surface area (Å²) >= 11 is 1.80. The normalized spacial score (nSPS) is 25.9. The van der Waals surface area contributed by atoms with E-state index in [9.17, 15) is 0 Å². The number of nitrogens with one attached hydrogen (secondary N) is 1. The van der Waals surface area contributed by atoms with E-state index < -0.39 is 0 Å². The van der Waals surface area contributed by atoms with Crippen molar-refractivity contribution in [3.8, 4) is 0 Å². The molecular weight excluding hydrogens is 216 g/mol. The molecule has 3 N–H and O–H groups in total. The standard InChI is InChI=1S/C13H22N2S/c1-10-8-16-9-12(10)7-15-6-11-2-4-13(14)5-3-11/h8-9,11,13,15H,2-7,14H2,1H3. The third kappa shape index (κ3) is 3.30. The van der Waals surface area contributed by atoms with Gasteiger partial charge < -0.3 is 11.1 Å². The fraction of sp³-hybridized carbons (Fsp3) is 0.692.